The molecule has 0 fully saturated rings. The molecule has 1 atom stereocenters. The highest BCUT2D eigenvalue weighted by Crippen LogP contribution is 2.34. The maximum atomic E-state index is 12.3. The summed E-state index contributed by atoms with van der Waals surface area (Å²) in [4.78, 5) is 24.3. The lowest BCUT2D eigenvalue weighted by Crippen LogP contribution is -2.34. The van der Waals surface area contributed by atoms with Gasteiger partial charge in [0.2, 0.25) is 10.0 Å². The lowest BCUT2D eigenvalue weighted by molar-refractivity contribution is -0.124. The van der Waals surface area contributed by atoms with Gasteiger partial charge in [0.25, 0.3) is 5.91 Å². The molecule has 7 nitrogen and oxygen atoms in total. The molecule has 1 aliphatic heterocycles. The molecule has 0 bridgehead atoms. The fraction of sp³-hybridized carbons (Fsp3) is 0.364. The summed E-state index contributed by atoms with van der Waals surface area (Å²) < 4.78 is 30.5. The van der Waals surface area contributed by atoms with E-state index in [1.54, 1.807) is 12.1 Å². The molecule has 0 saturated carbocycles. The molecule has 0 spiro atoms. The third kappa shape index (κ3) is 4.99. The van der Waals surface area contributed by atoms with Crippen LogP contribution >= 0.6 is 0 Å². The number of amides is 1. The molecule has 3 rings (SSSR count). The number of rotatable bonds is 7. The minimum absolute atomic E-state index is 0.208. The van der Waals surface area contributed by atoms with Crippen molar-refractivity contribution in [3.63, 3.8) is 0 Å². The van der Waals surface area contributed by atoms with E-state index in [4.69, 9.17) is 4.74 Å². The van der Waals surface area contributed by atoms with Crippen LogP contribution in [0, 0.1) is 6.92 Å². The Bertz CT molecular complexity index is 1060. The Kier molecular flexibility index (Phi) is 6.45. The van der Waals surface area contributed by atoms with Gasteiger partial charge >= 0.3 is 5.97 Å². The molecule has 1 N–H and O–H groups in total. The van der Waals surface area contributed by atoms with Crippen molar-refractivity contribution >= 4 is 27.6 Å². The van der Waals surface area contributed by atoms with E-state index in [1.165, 1.54) is 22.2 Å². The van der Waals surface area contributed by atoms with Gasteiger partial charge in [0, 0.05) is 12.6 Å². The number of anilines is 1. The summed E-state index contributed by atoms with van der Waals surface area (Å²) in [5, 5.41) is 2.75. The van der Waals surface area contributed by atoms with Gasteiger partial charge in [-0.05, 0) is 61.6 Å². The van der Waals surface area contributed by atoms with Crippen LogP contribution in [0.25, 0.3) is 0 Å². The van der Waals surface area contributed by atoms with Crippen LogP contribution in [0.1, 0.15) is 34.0 Å². The predicted octanol–water partition coefficient (Wildman–Crippen LogP) is 2.22. The van der Waals surface area contributed by atoms with E-state index in [-0.39, 0.29) is 18.6 Å². The summed E-state index contributed by atoms with van der Waals surface area (Å²) in [7, 11) is -3.39. The number of ether oxygens (including phenoxy) is 1. The van der Waals surface area contributed by atoms with E-state index in [9.17, 15) is 18.0 Å². The molecule has 1 aliphatic rings. The zero-order chi connectivity index (χ0) is 21.9. The second-order valence-corrected chi connectivity index (χ2v) is 9.42. The van der Waals surface area contributed by atoms with Crippen LogP contribution in [0.4, 0.5) is 5.69 Å². The van der Waals surface area contributed by atoms with Crippen molar-refractivity contribution in [3.05, 3.63) is 64.7 Å². The lowest BCUT2D eigenvalue weighted by atomic mass is 10.1. The average Bonchev–Trinajstić information content (AvgIpc) is 3.02. The van der Waals surface area contributed by atoms with E-state index in [0.29, 0.717) is 30.6 Å². The van der Waals surface area contributed by atoms with E-state index < -0.39 is 16.0 Å². The van der Waals surface area contributed by atoms with Crippen LogP contribution in [0.2, 0.25) is 0 Å². The Hall–Kier alpha value is -2.87. The summed E-state index contributed by atoms with van der Waals surface area (Å²) >= 11 is 0. The molecular formula is C22H26N2O5S. The van der Waals surface area contributed by atoms with Crippen molar-refractivity contribution in [2.75, 3.05) is 23.7 Å². The third-order valence-electron chi connectivity index (χ3n) is 5.14. The fourth-order valence-electron chi connectivity index (χ4n) is 3.73. The largest absolute Gasteiger partial charge is 0.452 e. The van der Waals surface area contributed by atoms with Crippen LogP contribution < -0.4 is 9.62 Å². The molecule has 1 heterocycles. The Morgan fingerprint density at radius 1 is 1.20 bits per heavy atom. The van der Waals surface area contributed by atoms with Gasteiger partial charge in [0.1, 0.15) is 0 Å². The number of nitrogens with one attached hydrogen (secondary N) is 1. The lowest BCUT2D eigenvalue weighted by Gasteiger charge is -2.21. The Balaban J connectivity index is 1.52. The van der Waals surface area contributed by atoms with E-state index in [0.717, 1.165) is 11.1 Å². The van der Waals surface area contributed by atoms with E-state index in [2.05, 4.69) is 5.32 Å². The second kappa shape index (κ2) is 8.87. The summed E-state index contributed by atoms with van der Waals surface area (Å²) in [6.07, 6.45) is 2.38. The van der Waals surface area contributed by atoms with Gasteiger partial charge in [-0.15, -0.1) is 0 Å². The van der Waals surface area contributed by atoms with Gasteiger partial charge in [-0.25, -0.2) is 13.2 Å². The number of carbonyl (C=O) groups is 2. The molecule has 160 valence electrons. The number of esters is 1. The molecule has 0 saturated heterocycles. The molecule has 30 heavy (non-hydrogen) atoms. The minimum Gasteiger partial charge on any atom is -0.452 e. The van der Waals surface area contributed by atoms with Crippen molar-refractivity contribution in [3.8, 4) is 0 Å². The van der Waals surface area contributed by atoms with E-state index >= 15 is 0 Å². The number of aryl methyl sites for hydroxylation is 1. The summed E-state index contributed by atoms with van der Waals surface area (Å²) in [6.45, 7) is 3.93. The highest BCUT2D eigenvalue weighted by Gasteiger charge is 2.32. The molecule has 8 heteroatoms. The molecule has 0 radical (unpaired) electrons. The number of nitrogens with zero attached hydrogens (tertiary/aromatic N) is 1. The zero-order valence-corrected chi connectivity index (χ0v) is 18.2. The quantitative estimate of drug-likeness (QED) is 0.680. The fourth-order valence-corrected chi connectivity index (χ4v) is 4.99. The smallest absolute Gasteiger partial charge is 0.338 e. The van der Waals surface area contributed by atoms with Crippen molar-refractivity contribution in [2.45, 2.75) is 32.7 Å². The molecule has 0 aromatic heterocycles. The second-order valence-electron chi connectivity index (χ2n) is 7.56. The molecule has 2 aromatic rings. The van der Waals surface area contributed by atoms with Gasteiger partial charge in [0.05, 0.1) is 17.5 Å². The Morgan fingerprint density at radius 2 is 1.93 bits per heavy atom. The average molecular weight is 431 g/mol. The third-order valence-corrected chi connectivity index (χ3v) is 6.41. The summed E-state index contributed by atoms with van der Waals surface area (Å²) in [5.74, 6) is -0.979. The Labute approximate surface area is 177 Å². The monoisotopic (exact) mass is 430 g/mol. The van der Waals surface area contributed by atoms with Crippen molar-refractivity contribution in [2.24, 2.45) is 0 Å². The maximum absolute atomic E-state index is 12.3. The number of hydrogen-bond donors (Lipinski definition) is 1. The van der Waals surface area contributed by atoms with Crippen LogP contribution in [0.15, 0.2) is 42.5 Å². The maximum Gasteiger partial charge on any atom is 0.338 e. The minimum atomic E-state index is -3.39. The van der Waals surface area contributed by atoms with Gasteiger partial charge < -0.3 is 10.1 Å². The van der Waals surface area contributed by atoms with Crippen molar-refractivity contribution < 1.29 is 22.7 Å². The zero-order valence-electron chi connectivity index (χ0n) is 17.3. The first-order chi connectivity index (χ1) is 14.2. The van der Waals surface area contributed by atoms with Gasteiger partial charge in [-0.3, -0.25) is 9.10 Å². The highest BCUT2D eigenvalue weighted by molar-refractivity contribution is 7.92. The van der Waals surface area contributed by atoms with E-state index in [1.807, 2.05) is 38.1 Å². The van der Waals surface area contributed by atoms with Crippen LogP contribution in [0.3, 0.4) is 0 Å². The molecular weight excluding hydrogens is 404 g/mol. The normalized spacial score (nSPS) is 15.6. The van der Waals surface area contributed by atoms with Gasteiger partial charge in [-0.2, -0.15) is 0 Å². The van der Waals surface area contributed by atoms with Gasteiger partial charge in [-0.1, -0.05) is 24.3 Å². The number of fused-ring (bicyclic) bond motifs is 1. The standard InChI is InChI=1S/C22H26N2O5S/c1-15-6-4-5-7-17(15)10-11-23-21(25)14-29-22(26)18-8-9-20-19(13-18)12-16(2)24(20)30(3,27)28/h4-9,13,16H,10-12,14H2,1-3H3,(H,23,25). The van der Waals surface area contributed by atoms with Crippen molar-refractivity contribution in [1.29, 1.82) is 0 Å². The summed E-state index contributed by atoms with van der Waals surface area (Å²) in [6, 6.07) is 12.5. The Morgan fingerprint density at radius 3 is 2.63 bits per heavy atom. The molecule has 0 aliphatic carbocycles. The molecule has 1 unspecified atom stereocenters. The molecule has 1 amide bonds. The van der Waals surface area contributed by atoms with Crippen LogP contribution in [-0.2, 0) is 32.4 Å². The number of hydrogen-bond acceptors (Lipinski definition) is 5. The van der Waals surface area contributed by atoms with Crippen LogP contribution in [0.5, 0.6) is 0 Å². The highest BCUT2D eigenvalue weighted by atomic mass is 32.2. The summed E-state index contributed by atoms with van der Waals surface area (Å²) in [5.41, 5.74) is 3.97. The first-order valence-corrected chi connectivity index (χ1v) is 11.6. The van der Waals surface area contributed by atoms with Crippen LogP contribution in [-0.4, -0.2) is 45.7 Å². The SMILES string of the molecule is Cc1ccccc1CCNC(=O)COC(=O)c1ccc2c(c1)CC(C)N2S(C)(=O)=O. The number of benzene rings is 2. The topological polar surface area (TPSA) is 92.8 Å². The van der Waals surface area contributed by atoms with Crippen molar-refractivity contribution in [1.82, 2.24) is 5.32 Å². The predicted molar refractivity (Wildman–Crippen MR) is 115 cm³/mol. The molecule has 2 aromatic carbocycles. The first kappa shape index (κ1) is 21.8. The first-order valence-electron chi connectivity index (χ1n) is 9.77. The van der Waals surface area contributed by atoms with Gasteiger partial charge in [0.15, 0.2) is 6.61 Å². The number of carbonyl (C=O) groups excluding carboxylic acids is 2. The number of sulfonamides is 1.